The Hall–Kier alpha value is -0.340. The van der Waals surface area contributed by atoms with Crippen molar-refractivity contribution < 1.29 is 21.6 Å². The van der Waals surface area contributed by atoms with Gasteiger partial charge in [-0.1, -0.05) is 13.8 Å². The lowest BCUT2D eigenvalue weighted by Crippen LogP contribution is -2.35. The van der Waals surface area contributed by atoms with E-state index in [2.05, 4.69) is 10.0 Å². The molecule has 4 nitrogen and oxygen atoms in total. The molecule has 17 heavy (non-hydrogen) atoms. The summed E-state index contributed by atoms with van der Waals surface area (Å²) < 4.78 is 60.2. The summed E-state index contributed by atoms with van der Waals surface area (Å²) >= 11 is 0. The summed E-state index contributed by atoms with van der Waals surface area (Å²) in [5.41, 5.74) is 0. The van der Waals surface area contributed by atoms with Gasteiger partial charge in [0.05, 0.1) is 5.75 Å². The number of nitrogens with one attached hydrogen (secondary N) is 2. The minimum absolute atomic E-state index is 0.187. The van der Waals surface area contributed by atoms with Crippen LogP contribution in [-0.4, -0.2) is 39.5 Å². The van der Waals surface area contributed by atoms with Crippen LogP contribution in [0.5, 0.6) is 0 Å². The summed E-state index contributed by atoms with van der Waals surface area (Å²) in [7, 11) is -3.59. The number of halogens is 3. The number of hydrogen-bond acceptors (Lipinski definition) is 3. The Labute approximate surface area is 100 Å². The highest BCUT2D eigenvalue weighted by Crippen LogP contribution is 2.21. The van der Waals surface area contributed by atoms with Crippen molar-refractivity contribution in [1.29, 1.82) is 0 Å². The fourth-order valence-electron chi connectivity index (χ4n) is 1.10. The van der Waals surface area contributed by atoms with Crippen molar-refractivity contribution in [2.24, 2.45) is 0 Å². The molecule has 0 aliphatic heterocycles. The van der Waals surface area contributed by atoms with Crippen LogP contribution in [0.4, 0.5) is 13.2 Å². The van der Waals surface area contributed by atoms with Gasteiger partial charge in [0.1, 0.15) is 0 Å². The Bertz CT molecular complexity index is 302. The van der Waals surface area contributed by atoms with Crippen molar-refractivity contribution in [3.63, 3.8) is 0 Å². The highest BCUT2D eigenvalue weighted by atomic mass is 32.2. The van der Waals surface area contributed by atoms with Crippen LogP contribution in [0.25, 0.3) is 0 Å². The monoisotopic (exact) mass is 276 g/mol. The average molecular weight is 276 g/mol. The summed E-state index contributed by atoms with van der Waals surface area (Å²) in [4.78, 5) is 0. The molecule has 0 aromatic rings. The number of sulfonamides is 1. The first kappa shape index (κ1) is 16.7. The molecule has 0 saturated heterocycles. The number of rotatable bonds is 8. The van der Waals surface area contributed by atoms with E-state index in [0.717, 1.165) is 0 Å². The molecule has 0 fully saturated rings. The molecule has 0 saturated carbocycles. The summed E-state index contributed by atoms with van der Waals surface area (Å²) in [6.45, 7) is 4.47. The van der Waals surface area contributed by atoms with Gasteiger partial charge in [-0.2, -0.15) is 13.2 Å². The highest BCUT2D eigenvalue weighted by Gasteiger charge is 2.27. The quantitative estimate of drug-likeness (QED) is 0.656. The third-order valence-electron chi connectivity index (χ3n) is 1.87. The lowest BCUT2D eigenvalue weighted by Gasteiger charge is -2.10. The third kappa shape index (κ3) is 11.9. The van der Waals surface area contributed by atoms with Crippen LogP contribution in [0.3, 0.4) is 0 Å². The van der Waals surface area contributed by atoms with E-state index in [-0.39, 0.29) is 12.6 Å². The van der Waals surface area contributed by atoms with Crippen molar-refractivity contribution >= 4 is 10.0 Å². The molecule has 0 rings (SSSR count). The van der Waals surface area contributed by atoms with E-state index < -0.39 is 34.8 Å². The summed E-state index contributed by atoms with van der Waals surface area (Å²) in [5, 5.41) is 2.99. The minimum atomic E-state index is -4.30. The molecule has 2 N–H and O–H groups in total. The maximum Gasteiger partial charge on any atom is 0.389 e. The molecule has 0 aliphatic rings. The molecule has 0 atom stereocenters. The van der Waals surface area contributed by atoms with Crippen LogP contribution in [0.1, 0.15) is 26.7 Å². The van der Waals surface area contributed by atoms with Gasteiger partial charge < -0.3 is 5.32 Å². The molecule has 0 unspecified atom stereocenters. The molecule has 0 radical (unpaired) electrons. The van der Waals surface area contributed by atoms with Gasteiger partial charge in [0.2, 0.25) is 10.0 Å². The van der Waals surface area contributed by atoms with Crippen LogP contribution in [0.2, 0.25) is 0 Å². The maximum atomic E-state index is 11.8. The van der Waals surface area contributed by atoms with Gasteiger partial charge in [0.15, 0.2) is 0 Å². The second kappa shape index (κ2) is 7.17. The molecule has 0 aromatic heterocycles. The van der Waals surface area contributed by atoms with Crippen molar-refractivity contribution in [2.45, 2.75) is 38.9 Å². The SMILES string of the molecule is CC(C)NCCNS(=O)(=O)CCCC(F)(F)F. The van der Waals surface area contributed by atoms with E-state index in [1.165, 1.54) is 0 Å². The summed E-state index contributed by atoms with van der Waals surface area (Å²) in [6.07, 6.45) is -5.77. The highest BCUT2D eigenvalue weighted by molar-refractivity contribution is 7.89. The predicted molar refractivity (Wildman–Crippen MR) is 60.2 cm³/mol. The fourth-order valence-corrected chi connectivity index (χ4v) is 2.18. The largest absolute Gasteiger partial charge is 0.389 e. The zero-order valence-corrected chi connectivity index (χ0v) is 10.8. The normalized spacial score (nSPS) is 13.3. The Morgan fingerprint density at radius 3 is 2.24 bits per heavy atom. The van der Waals surface area contributed by atoms with Crippen LogP contribution in [0, 0.1) is 0 Å². The lowest BCUT2D eigenvalue weighted by molar-refractivity contribution is -0.134. The van der Waals surface area contributed by atoms with Gasteiger partial charge in [0.25, 0.3) is 0 Å². The minimum Gasteiger partial charge on any atom is -0.313 e. The third-order valence-corrected chi connectivity index (χ3v) is 3.34. The Balaban J connectivity index is 3.74. The number of alkyl halides is 3. The van der Waals surface area contributed by atoms with Crippen LogP contribution in [0.15, 0.2) is 0 Å². The van der Waals surface area contributed by atoms with Gasteiger partial charge in [-0.3, -0.25) is 0 Å². The van der Waals surface area contributed by atoms with E-state index in [4.69, 9.17) is 0 Å². The fraction of sp³-hybridized carbons (Fsp3) is 1.00. The van der Waals surface area contributed by atoms with Crippen molar-refractivity contribution in [3.05, 3.63) is 0 Å². The first-order chi connectivity index (χ1) is 7.62. The van der Waals surface area contributed by atoms with E-state index in [1.54, 1.807) is 0 Å². The average Bonchev–Trinajstić information content (AvgIpc) is 2.09. The van der Waals surface area contributed by atoms with E-state index >= 15 is 0 Å². The van der Waals surface area contributed by atoms with E-state index in [1.807, 2.05) is 13.8 Å². The lowest BCUT2D eigenvalue weighted by atomic mass is 10.3. The van der Waals surface area contributed by atoms with Crippen LogP contribution in [-0.2, 0) is 10.0 Å². The zero-order valence-electron chi connectivity index (χ0n) is 9.97. The summed E-state index contributed by atoms with van der Waals surface area (Å²) in [6, 6.07) is 0.240. The molecule has 8 heteroatoms. The number of hydrogen-bond donors (Lipinski definition) is 2. The standard InChI is InChI=1S/C9H19F3N2O2S/c1-8(2)13-5-6-14-17(15,16)7-3-4-9(10,11)12/h8,13-14H,3-7H2,1-2H3. The van der Waals surface area contributed by atoms with Gasteiger partial charge in [-0.25, -0.2) is 13.1 Å². The van der Waals surface area contributed by atoms with E-state index in [9.17, 15) is 21.6 Å². The second-order valence-electron chi connectivity index (χ2n) is 4.04. The van der Waals surface area contributed by atoms with Gasteiger partial charge in [-0.05, 0) is 6.42 Å². The molecule has 0 heterocycles. The summed E-state index contributed by atoms with van der Waals surface area (Å²) in [5.74, 6) is -0.492. The molecule has 0 spiro atoms. The molecule has 0 bridgehead atoms. The predicted octanol–water partition coefficient (Wildman–Crippen LogP) is 1.25. The van der Waals surface area contributed by atoms with Gasteiger partial charge >= 0.3 is 6.18 Å². The topological polar surface area (TPSA) is 58.2 Å². The van der Waals surface area contributed by atoms with Gasteiger partial charge in [-0.15, -0.1) is 0 Å². The first-order valence-electron chi connectivity index (χ1n) is 5.40. The smallest absolute Gasteiger partial charge is 0.313 e. The first-order valence-corrected chi connectivity index (χ1v) is 7.05. The van der Waals surface area contributed by atoms with Gasteiger partial charge in [0, 0.05) is 25.6 Å². The molecular formula is C9H19F3N2O2S. The van der Waals surface area contributed by atoms with Crippen molar-refractivity contribution in [2.75, 3.05) is 18.8 Å². The van der Waals surface area contributed by atoms with Crippen molar-refractivity contribution in [1.82, 2.24) is 10.0 Å². The molecule has 0 amide bonds. The second-order valence-corrected chi connectivity index (χ2v) is 5.97. The molecule has 104 valence electrons. The molecule has 0 aromatic carbocycles. The zero-order chi connectivity index (χ0) is 13.5. The maximum absolute atomic E-state index is 11.8. The Morgan fingerprint density at radius 1 is 1.18 bits per heavy atom. The Kier molecular flexibility index (Phi) is 7.03. The van der Waals surface area contributed by atoms with Crippen LogP contribution >= 0.6 is 0 Å². The van der Waals surface area contributed by atoms with E-state index in [0.29, 0.717) is 6.54 Å². The van der Waals surface area contributed by atoms with Crippen molar-refractivity contribution in [3.8, 4) is 0 Å². The molecular weight excluding hydrogens is 257 g/mol. The Morgan fingerprint density at radius 2 is 1.76 bits per heavy atom. The van der Waals surface area contributed by atoms with Crippen LogP contribution < -0.4 is 10.0 Å². The molecule has 0 aliphatic carbocycles.